The minimum Gasteiger partial charge on any atom is -0.394 e. The van der Waals surface area contributed by atoms with Crippen LogP contribution in [0.3, 0.4) is 0 Å². The number of carbonyl (C=O) groups excluding carboxylic acids is 1. The van der Waals surface area contributed by atoms with Crippen molar-refractivity contribution < 1.29 is 15.0 Å². The van der Waals surface area contributed by atoms with Crippen molar-refractivity contribution in [3.63, 3.8) is 0 Å². The second-order valence-corrected chi connectivity index (χ2v) is 20.8. The van der Waals surface area contributed by atoms with Crippen LogP contribution in [0.2, 0.25) is 0 Å². The third kappa shape index (κ3) is 53.7. The maximum Gasteiger partial charge on any atom is 0.220 e. The summed E-state index contributed by atoms with van der Waals surface area (Å²) in [4.78, 5) is 12.5. The molecule has 0 aliphatic rings. The summed E-state index contributed by atoms with van der Waals surface area (Å²) in [7, 11) is 0. The Kier molecular flexibility index (Phi) is 56.2. The number of carbonyl (C=O) groups is 1. The van der Waals surface area contributed by atoms with Crippen molar-refractivity contribution in [3.8, 4) is 0 Å². The summed E-state index contributed by atoms with van der Waals surface area (Å²) in [6.07, 6.45) is 76.5. The summed E-state index contributed by atoms with van der Waals surface area (Å²) in [6, 6.07) is -0.637. The van der Waals surface area contributed by atoms with Crippen LogP contribution in [0, 0.1) is 0 Å². The van der Waals surface area contributed by atoms with E-state index in [1.807, 2.05) is 6.08 Å². The number of aliphatic hydroxyl groups is 2. The van der Waals surface area contributed by atoms with Gasteiger partial charge in [0.25, 0.3) is 0 Å². The predicted molar refractivity (Wildman–Crippen MR) is 290 cm³/mol. The van der Waals surface area contributed by atoms with E-state index in [4.69, 9.17) is 0 Å². The smallest absolute Gasteiger partial charge is 0.220 e. The predicted octanol–water partition coefficient (Wildman–Crippen LogP) is 19.9. The highest BCUT2D eigenvalue weighted by atomic mass is 16.3. The van der Waals surface area contributed by atoms with Gasteiger partial charge in [0.1, 0.15) is 0 Å². The van der Waals surface area contributed by atoms with Crippen molar-refractivity contribution in [2.24, 2.45) is 0 Å². The molecule has 0 saturated heterocycles. The largest absolute Gasteiger partial charge is 0.394 e. The van der Waals surface area contributed by atoms with Gasteiger partial charge in [0.2, 0.25) is 5.91 Å². The molecule has 0 aliphatic heterocycles. The van der Waals surface area contributed by atoms with E-state index < -0.39 is 12.1 Å². The van der Waals surface area contributed by atoms with E-state index in [2.05, 4.69) is 31.3 Å². The molecule has 0 aliphatic carbocycles. The monoisotopic (exact) mass is 914 g/mol. The van der Waals surface area contributed by atoms with E-state index in [1.165, 1.54) is 289 Å². The fraction of sp³-hybridized carbons (Fsp3) is 0.918. The summed E-state index contributed by atoms with van der Waals surface area (Å²) in [5.41, 5.74) is 0. The average molecular weight is 915 g/mol. The molecule has 65 heavy (non-hydrogen) atoms. The van der Waals surface area contributed by atoms with E-state index in [0.29, 0.717) is 6.42 Å². The minimum absolute atomic E-state index is 0.0657. The third-order valence-electron chi connectivity index (χ3n) is 14.2. The summed E-state index contributed by atoms with van der Waals surface area (Å²) in [5, 5.41) is 23.2. The molecule has 3 N–H and O–H groups in total. The summed E-state index contributed by atoms with van der Waals surface area (Å²) >= 11 is 0. The lowest BCUT2D eigenvalue weighted by Gasteiger charge is -2.19. The van der Waals surface area contributed by atoms with E-state index >= 15 is 0 Å². The van der Waals surface area contributed by atoms with Gasteiger partial charge in [-0.25, -0.2) is 0 Å². The Balaban J connectivity index is 3.47. The number of nitrogens with one attached hydrogen (secondary N) is 1. The first-order valence-corrected chi connectivity index (χ1v) is 30.1. The maximum atomic E-state index is 12.5. The van der Waals surface area contributed by atoms with Crippen LogP contribution in [0.5, 0.6) is 0 Å². The lowest BCUT2D eigenvalue weighted by molar-refractivity contribution is -0.123. The van der Waals surface area contributed by atoms with Crippen molar-refractivity contribution in [3.05, 3.63) is 24.3 Å². The van der Waals surface area contributed by atoms with Crippen LogP contribution in [0.25, 0.3) is 0 Å². The number of aliphatic hydroxyl groups excluding tert-OH is 2. The van der Waals surface area contributed by atoms with Crippen molar-refractivity contribution in [1.29, 1.82) is 0 Å². The van der Waals surface area contributed by atoms with E-state index in [-0.39, 0.29) is 12.5 Å². The first-order valence-electron chi connectivity index (χ1n) is 30.1. The van der Waals surface area contributed by atoms with Crippen molar-refractivity contribution in [2.75, 3.05) is 6.61 Å². The summed E-state index contributed by atoms with van der Waals surface area (Å²) < 4.78 is 0. The van der Waals surface area contributed by atoms with E-state index in [1.54, 1.807) is 6.08 Å². The minimum atomic E-state index is -0.860. The highest BCUT2D eigenvalue weighted by Crippen LogP contribution is 2.18. The second kappa shape index (κ2) is 57.2. The molecule has 0 radical (unpaired) electrons. The van der Waals surface area contributed by atoms with Crippen LogP contribution < -0.4 is 5.32 Å². The zero-order chi connectivity index (χ0) is 47.0. The fourth-order valence-electron chi connectivity index (χ4n) is 9.61. The van der Waals surface area contributed by atoms with Gasteiger partial charge < -0.3 is 15.5 Å². The molecule has 0 aromatic heterocycles. The van der Waals surface area contributed by atoms with Crippen LogP contribution in [-0.4, -0.2) is 34.9 Å². The summed E-state index contributed by atoms with van der Waals surface area (Å²) in [6.45, 7) is 4.34. The number of allylic oxidation sites excluding steroid dienone is 3. The number of hydrogen-bond donors (Lipinski definition) is 3. The normalized spacial score (nSPS) is 12.9. The number of hydrogen-bond acceptors (Lipinski definition) is 3. The summed E-state index contributed by atoms with van der Waals surface area (Å²) in [5.74, 6) is -0.0657. The maximum absolute atomic E-state index is 12.5. The number of rotatable bonds is 56. The Bertz CT molecular complexity index is 947. The molecule has 1 amide bonds. The van der Waals surface area contributed by atoms with Gasteiger partial charge in [0.15, 0.2) is 0 Å². The topological polar surface area (TPSA) is 69.6 Å². The van der Waals surface area contributed by atoms with Crippen LogP contribution in [0.1, 0.15) is 341 Å². The van der Waals surface area contributed by atoms with Gasteiger partial charge in [-0.3, -0.25) is 4.79 Å². The third-order valence-corrected chi connectivity index (χ3v) is 14.2. The SMILES string of the molecule is CCCCCCCCCCCCCCCCCCCCC/C=C/CC/C=C/C(O)C(CO)NC(=O)CCCCCCCCCCCCCCCCCCCCCCCCCCCCCC. The Labute approximate surface area is 409 Å². The molecular formula is C61H119NO3. The molecule has 0 aromatic carbocycles. The fourth-order valence-corrected chi connectivity index (χ4v) is 9.61. The van der Waals surface area contributed by atoms with Crippen LogP contribution in [-0.2, 0) is 4.79 Å². The first kappa shape index (κ1) is 63.9. The van der Waals surface area contributed by atoms with Gasteiger partial charge >= 0.3 is 0 Å². The van der Waals surface area contributed by atoms with Crippen LogP contribution >= 0.6 is 0 Å². The molecule has 4 nitrogen and oxygen atoms in total. The van der Waals surface area contributed by atoms with E-state index in [0.717, 1.165) is 32.1 Å². The lowest BCUT2D eigenvalue weighted by Crippen LogP contribution is -2.45. The molecular weight excluding hydrogens is 795 g/mol. The van der Waals surface area contributed by atoms with Gasteiger partial charge in [0.05, 0.1) is 18.8 Å². The molecule has 0 aromatic rings. The molecule has 0 fully saturated rings. The molecule has 386 valence electrons. The zero-order valence-electron chi connectivity index (χ0n) is 44.5. The van der Waals surface area contributed by atoms with Crippen LogP contribution in [0.4, 0.5) is 0 Å². The lowest BCUT2D eigenvalue weighted by atomic mass is 10.0. The van der Waals surface area contributed by atoms with Gasteiger partial charge in [-0.15, -0.1) is 0 Å². The Morgan fingerprint density at radius 2 is 0.600 bits per heavy atom. The number of unbranched alkanes of at least 4 members (excludes halogenated alkanes) is 47. The average Bonchev–Trinajstić information content (AvgIpc) is 3.31. The standard InChI is InChI=1S/C61H119NO3/c1-3-5-7-9-11-13-15-17-19-21-23-25-27-29-30-31-33-35-37-39-41-43-45-47-49-51-53-55-57-61(65)62-59(58-63)60(64)56-54-52-50-48-46-44-42-40-38-36-34-32-28-26-24-22-20-18-16-14-12-10-8-6-4-2/h46,48,54,56,59-60,63-64H,3-45,47,49-53,55,57-58H2,1-2H3,(H,62,65)/b48-46+,56-54+. The molecule has 0 bridgehead atoms. The molecule has 0 rings (SSSR count). The highest BCUT2D eigenvalue weighted by molar-refractivity contribution is 5.76. The molecule has 2 atom stereocenters. The second-order valence-electron chi connectivity index (χ2n) is 20.8. The van der Waals surface area contributed by atoms with Crippen molar-refractivity contribution in [2.45, 2.75) is 353 Å². The van der Waals surface area contributed by atoms with Crippen molar-refractivity contribution >= 4 is 5.91 Å². The Hall–Kier alpha value is -1.13. The van der Waals surface area contributed by atoms with Gasteiger partial charge in [-0.05, 0) is 32.1 Å². The zero-order valence-corrected chi connectivity index (χ0v) is 44.5. The Morgan fingerprint density at radius 1 is 0.354 bits per heavy atom. The molecule has 4 heteroatoms. The molecule has 0 spiro atoms. The quantitative estimate of drug-likeness (QED) is 0.0421. The van der Waals surface area contributed by atoms with Gasteiger partial charge in [-0.2, -0.15) is 0 Å². The number of amides is 1. The Morgan fingerprint density at radius 3 is 0.892 bits per heavy atom. The molecule has 0 saturated carbocycles. The molecule has 2 unspecified atom stereocenters. The van der Waals surface area contributed by atoms with E-state index in [9.17, 15) is 15.0 Å². The molecule has 0 heterocycles. The van der Waals surface area contributed by atoms with Gasteiger partial charge in [-0.1, -0.05) is 327 Å². The first-order chi connectivity index (χ1) is 32.2. The van der Waals surface area contributed by atoms with Crippen molar-refractivity contribution in [1.82, 2.24) is 5.32 Å². The highest BCUT2D eigenvalue weighted by Gasteiger charge is 2.18. The van der Waals surface area contributed by atoms with Crippen LogP contribution in [0.15, 0.2) is 24.3 Å². The van der Waals surface area contributed by atoms with Gasteiger partial charge in [0, 0.05) is 6.42 Å².